The molecule has 0 aliphatic heterocycles. The van der Waals surface area contributed by atoms with Crippen LogP contribution in [0.2, 0.25) is 0 Å². The van der Waals surface area contributed by atoms with Gasteiger partial charge in [0.1, 0.15) is 11.6 Å². The third kappa shape index (κ3) is 4.32. The normalized spacial score (nSPS) is 12.1. The lowest BCUT2D eigenvalue weighted by atomic mass is 10.1. The molecule has 2 aromatic rings. The number of ether oxygens (including phenoxy) is 1. The summed E-state index contributed by atoms with van der Waals surface area (Å²) in [5.41, 5.74) is 0. The van der Waals surface area contributed by atoms with Crippen LogP contribution in [0.4, 0.5) is 5.82 Å². The second-order valence-electron chi connectivity index (χ2n) is 4.46. The Morgan fingerprint density at radius 3 is 2.95 bits per heavy atom. The molecule has 1 atom stereocenters. The van der Waals surface area contributed by atoms with Gasteiger partial charge in [0.15, 0.2) is 0 Å². The molecule has 4 nitrogen and oxygen atoms in total. The third-order valence-corrected chi connectivity index (χ3v) is 2.81. The highest BCUT2D eigenvalue weighted by Crippen LogP contribution is 2.14. The summed E-state index contributed by atoms with van der Waals surface area (Å²) in [7, 11) is 0. The van der Waals surface area contributed by atoms with Crippen molar-refractivity contribution in [1.29, 1.82) is 0 Å². The van der Waals surface area contributed by atoms with Crippen molar-refractivity contribution >= 4 is 5.82 Å². The van der Waals surface area contributed by atoms with E-state index >= 15 is 0 Å². The van der Waals surface area contributed by atoms with E-state index in [1.807, 2.05) is 37.3 Å². The quantitative estimate of drug-likeness (QED) is 0.827. The molecule has 1 N–H and O–H groups in total. The Hall–Kier alpha value is -1.97. The lowest BCUT2D eigenvalue weighted by Crippen LogP contribution is -2.16. The minimum atomic E-state index is 0.328. The van der Waals surface area contributed by atoms with Crippen LogP contribution in [-0.4, -0.2) is 17.6 Å². The predicted molar refractivity (Wildman–Crippen MR) is 75.5 cm³/mol. The maximum absolute atomic E-state index is 5.38. The first-order valence-corrected chi connectivity index (χ1v) is 6.66. The molecule has 0 fully saturated rings. The van der Waals surface area contributed by atoms with E-state index in [0.717, 1.165) is 24.4 Å². The second kappa shape index (κ2) is 6.83. The third-order valence-electron chi connectivity index (χ3n) is 2.81. The summed E-state index contributed by atoms with van der Waals surface area (Å²) in [5, 5.41) is 3.37. The first-order chi connectivity index (χ1) is 9.28. The lowest BCUT2D eigenvalue weighted by molar-refractivity contribution is 0.327. The van der Waals surface area contributed by atoms with Crippen LogP contribution in [0.25, 0.3) is 0 Å². The number of hydrogen-bond donors (Lipinski definition) is 1. The highest BCUT2D eigenvalue weighted by atomic mass is 16.5. The largest absolute Gasteiger partial charge is 0.478 e. The van der Waals surface area contributed by atoms with E-state index < -0.39 is 0 Å². The van der Waals surface area contributed by atoms with Crippen molar-refractivity contribution in [2.24, 2.45) is 0 Å². The summed E-state index contributed by atoms with van der Waals surface area (Å²) in [6.45, 7) is 4.72. The number of anilines is 1. The zero-order chi connectivity index (χ0) is 13.5. The van der Waals surface area contributed by atoms with Gasteiger partial charge in [0, 0.05) is 18.5 Å². The Balaban J connectivity index is 1.84. The summed E-state index contributed by atoms with van der Waals surface area (Å²) in [5.74, 6) is 2.52. The Morgan fingerprint density at radius 2 is 2.21 bits per heavy atom. The summed E-state index contributed by atoms with van der Waals surface area (Å²) in [4.78, 5) is 4.39. The minimum absolute atomic E-state index is 0.328. The summed E-state index contributed by atoms with van der Waals surface area (Å²) in [6.07, 6.45) is 3.63. The molecule has 2 heterocycles. The first kappa shape index (κ1) is 13.5. The maximum atomic E-state index is 5.38. The first-order valence-electron chi connectivity index (χ1n) is 6.66. The van der Waals surface area contributed by atoms with Crippen LogP contribution < -0.4 is 10.1 Å². The van der Waals surface area contributed by atoms with Gasteiger partial charge < -0.3 is 14.5 Å². The van der Waals surface area contributed by atoms with Gasteiger partial charge in [0.2, 0.25) is 5.88 Å². The SMILES string of the molecule is CCOc1cccc(NC(C)CCc2ccco2)n1. The van der Waals surface area contributed by atoms with Crippen molar-refractivity contribution < 1.29 is 9.15 Å². The predicted octanol–water partition coefficient (Wildman–Crippen LogP) is 3.51. The van der Waals surface area contributed by atoms with Crippen molar-refractivity contribution in [3.63, 3.8) is 0 Å². The van der Waals surface area contributed by atoms with Gasteiger partial charge >= 0.3 is 0 Å². The number of furan rings is 1. The van der Waals surface area contributed by atoms with Crippen LogP contribution >= 0.6 is 0 Å². The van der Waals surface area contributed by atoms with Gasteiger partial charge in [0.25, 0.3) is 0 Å². The number of nitrogens with zero attached hydrogens (tertiary/aromatic N) is 1. The Labute approximate surface area is 113 Å². The van der Waals surface area contributed by atoms with E-state index in [4.69, 9.17) is 9.15 Å². The Bertz CT molecular complexity index is 483. The van der Waals surface area contributed by atoms with Gasteiger partial charge in [-0.2, -0.15) is 4.98 Å². The summed E-state index contributed by atoms with van der Waals surface area (Å²) in [6, 6.07) is 10.0. The van der Waals surface area contributed by atoms with E-state index in [0.29, 0.717) is 18.5 Å². The van der Waals surface area contributed by atoms with Crippen molar-refractivity contribution in [2.75, 3.05) is 11.9 Å². The molecule has 0 aliphatic carbocycles. The smallest absolute Gasteiger partial charge is 0.215 e. The van der Waals surface area contributed by atoms with Crippen molar-refractivity contribution in [1.82, 2.24) is 4.98 Å². The molecule has 4 heteroatoms. The van der Waals surface area contributed by atoms with Gasteiger partial charge in [-0.1, -0.05) is 6.07 Å². The minimum Gasteiger partial charge on any atom is -0.478 e. The number of hydrogen-bond acceptors (Lipinski definition) is 4. The molecule has 0 radical (unpaired) electrons. The van der Waals surface area contributed by atoms with E-state index in [9.17, 15) is 0 Å². The van der Waals surface area contributed by atoms with Crippen molar-refractivity contribution in [3.05, 3.63) is 42.4 Å². The highest BCUT2D eigenvalue weighted by Gasteiger charge is 2.05. The maximum Gasteiger partial charge on any atom is 0.215 e. The fraction of sp³-hybridized carbons (Fsp3) is 0.400. The summed E-state index contributed by atoms with van der Waals surface area (Å²) < 4.78 is 10.7. The number of aromatic nitrogens is 1. The van der Waals surface area contributed by atoms with Crippen LogP contribution in [0.1, 0.15) is 26.0 Å². The summed E-state index contributed by atoms with van der Waals surface area (Å²) >= 11 is 0. The molecule has 102 valence electrons. The molecule has 2 rings (SSSR count). The van der Waals surface area contributed by atoms with Gasteiger partial charge in [-0.3, -0.25) is 0 Å². The molecule has 0 bridgehead atoms. The van der Waals surface area contributed by atoms with Crippen LogP contribution in [-0.2, 0) is 6.42 Å². The Kier molecular flexibility index (Phi) is 4.84. The van der Waals surface area contributed by atoms with Crippen LogP contribution in [0, 0.1) is 0 Å². The van der Waals surface area contributed by atoms with Crippen molar-refractivity contribution in [3.8, 4) is 5.88 Å². The van der Waals surface area contributed by atoms with Gasteiger partial charge in [-0.05, 0) is 38.5 Å². The molecule has 0 aromatic carbocycles. The van der Waals surface area contributed by atoms with Gasteiger partial charge in [0.05, 0.1) is 12.9 Å². The van der Waals surface area contributed by atoms with E-state index in [-0.39, 0.29) is 0 Å². The average molecular weight is 260 g/mol. The molecule has 19 heavy (non-hydrogen) atoms. The van der Waals surface area contributed by atoms with E-state index in [1.165, 1.54) is 0 Å². The zero-order valence-corrected chi connectivity index (χ0v) is 11.4. The molecule has 0 aliphatic rings. The fourth-order valence-corrected chi connectivity index (χ4v) is 1.86. The van der Waals surface area contributed by atoms with Crippen molar-refractivity contribution in [2.45, 2.75) is 32.7 Å². The molecule has 0 amide bonds. The van der Waals surface area contributed by atoms with E-state index in [1.54, 1.807) is 6.26 Å². The molecular formula is C15H20N2O2. The standard InChI is InChI=1S/C15H20N2O2/c1-3-18-15-8-4-7-14(17-15)16-12(2)9-10-13-6-5-11-19-13/h4-8,11-12H,3,9-10H2,1-2H3,(H,16,17). The molecule has 0 saturated carbocycles. The molecule has 2 aromatic heterocycles. The molecule has 0 spiro atoms. The average Bonchev–Trinajstić information content (AvgIpc) is 2.90. The zero-order valence-electron chi connectivity index (χ0n) is 11.4. The second-order valence-corrected chi connectivity index (χ2v) is 4.46. The number of nitrogens with one attached hydrogen (secondary N) is 1. The van der Waals surface area contributed by atoms with Gasteiger partial charge in [-0.15, -0.1) is 0 Å². The fourth-order valence-electron chi connectivity index (χ4n) is 1.86. The van der Waals surface area contributed by atoms with Crippen LogP contribution in [0.5, 0.6) is 5.88 Å². The number of rotatable bonds is 7. The van der Waals surface area contributed by atoms with Crippen LogP contribution in [0.15, 0.2) is 41.0 Å². The number of pyridine rings is 1. The highest BCUT2D eigenvalue weighted by molar-refractivity contribution is 5.37. The molecule has 1 unspecified atom stereocenters. The van der Waals surface area contributed by atoms with Gasteiger partial charge in [-0.25, -0.2) is 0 Å². The number of aryl methyl sites for hydroxylation is 1. The van der Waals surface area contributed by atoms with E-state index in [2.05, 4.69) is 17.2 Å². The molecular weight excluding hydrogens is 240 g/mol. The topological polar surface area (TPSA) is 47.3 Å². The monoisotopic (exact) mass is 260 g/mol. The van der Waals surface area contributed by atoms with Crippen LogP contribution in [0.3, 0.4) is 0 Å². The Morgan fingerprint density at radius 1 is 1.32 bits per heavy atom. The molecule has 0 saturated heterocycles. The lowest BCUT2D eigenvalue weighted by Gasteiger charge is -2.14.